The van der Waals surface area contributed by atoms with Gasteiger partial charge in [-0.2, -0.15) is 13.2 Å². The van der Waals surface area contributed by atoms with E-state index in [4.69, 9.17) is 4.74 Å². The fraction of sp³-hybridized carbons (Fsp3) is 0.355. The molecule has 0 aromatic heterocycles. The molecule has 42 heavy (non-hydrogen) atoms. The standard InChI is InChI=1S/C31H35F3N4O4/c1-20-16-38(21(2)19-39)29(40)26-15-25(36-30(41)35-24-11-9-23(10-12-24)31(32,33)34)13-14-27(26)42-28(20)18-37(3)17-22-7-5-4-6-8-22/h4-15,20-21,28,39H,16-19H2,1-3H3,(H2,35,36,41)/t20-,21+,28-/m0/s1. The molecule has 3 N–H and O–H groups in total. The Morgan fingerprint density at radius 2 is 1.71 bits per heavy atom. The molecule has 0 fully saturated rings. The van der Waals surface area contributed by atoms with Crippen LogP contribution in [0.5, 0.6) is 5.75 Å². The number of hydrogen-bond donors (Lipinski definition) is 3. The Morgan fingerprint density at radius 3 is 2.36 bits per heavy atom. The average Bonchev–Trinajstić information content (AvgIpc) is 2.95. The Bertz CT molecular complexity index is 1370. The van der Waals surface area contributed by atoms with Crippen LogP contribution in [0.3, 0.4) is 0 Å². The van der Waals surface area contributed by atoms with E-state index < -0.39 is 23.8 Å². The molecule has 0 spiro atoms. The highest BCUT2D eigenvalue weighted by Gasteiger charge is 2.34. The number of hydrogen-bond acceptors (Lipinski definition) is 5. The minimum Gasteiger partial charge on any atom is -0.488 e. The van der Waals surface area contributed by atoms with Crippen molar-refractivity contribution in [2.45, 2.75) is 38.7 Å². The van der Waals surface area contributed by atoms with Crippen LogP contribution in [0.15, 0.2) is 72.8 Å². The molecular formula is C31H35F3N4O4. The van der Waals surface area contributed by atoms with E-state index in [0.29, 0.717) is 25.4 Å². The molecule has 224 valence electrons. The molecule has 0 radical (unpaired) electrons. The molecule has 0 saturated carbocycles. The number of halogens is 3. The molecule has 3 aromatic rings. The second-order valence-electron chi connectivity index (χ2n) is 10.7. The Labute approximate surface area is 243 Å². The van der Waals surface area contributed by atoms with E-state index in [1.165, 1.54) is 6.07 Å². The summed E-state index contributed by atoms with van der Waals surface area (Å²) >= 11 is 0. The zero-order valence-corrected chi connectivity index (χ0v) is 23.7. The lowest BCUT2D eigenvalue weighted by atomic mass is 9.99. The number of nitrogens with zero attached hydrogens (tertiary/aromatic N) is 2. The smallest absolute Gasteiger partial charge is 0.416 e. The normalized spacial score (nSPS) is 18.0. The van der Waals surface area contributed by atoms with E-state index >= 15 is 0 Å². The van der Waals surface area contributed by atoms with Crippen LogP contribution in [-0.4, -0.2) is 65.7 Å². The first-order valence-corrected chi connectivity index (χ1v) is 13.6. The molecule has 1 heterocycles. The van der Waals surface area contributed by atoms with Gasteiger partial charge < -0.3 is 25.4 Å². The van der Waals surface area contributed by atoms with E-state index in [0.717, 1.165) is 29.8 Å². The number of nitrogens with one attached hydrogen (secondary N) is 2. The molecule has 3 amide bonds. The average molecular weight is 585 g/mol. The number of alkyl halides is 3. The van der Waals surface area contributed by atoms with Crippen molar-refractivity contribution in [1.29, 1.82) is 0 Å². The molecule has 0 aliphatic carbocycles. The third kappa shape index (κ3) is 7.80. The number of benzene rings is 3. The maximum atomic E-state index is 13.7. The molecule has 4 rings (SSSR count). The van der Waals surface area contributed by atoms with Crippen molar-refractivity contribution >= 4 is 23.3 Å². The number of amides is 3. The van der Waals surface area contributed by atoms with Gasteiger partial charge in [-0.1, -0.05) is 37.3 Å². The summed E-state index contributed by atoms with van der Waals surface area (Å²) in [6.07, 6.45) is -4.76. The number of fused-ring (bicyclic) bond motifs is 1. The summed E-state index contributed by atoms with van der Waals surface area (Å²) in [5.41, 5.74) is 1.03. The summed E-state index contributed by atoms with van der Waals surface area (Å²) in [5, 5.41) is 15.0. The summed E-state index contributed by atoms with van der Waals surface area (Å²) in [5.74, 6) is -0.0450. The lowest BCUT2D eigenvalue weighted by Gasteiger charge is -2.38. The Hall–Kier alpha value is -4.09. The van der Waals surface area contributed by atoms with Crippen LogP contribution in [0, 0.1) is 5.92 Å². The lowest BCUT2D eigenvalue weighted by Crippen LogP contribution is -2.49. The van der Waals surface area contributed by atoms with Gasteiger partial charge in [0.15, 0.2) is 0 Å². The molecule has 0 saturated heterocycles. The second kappa shape index (κ2) is 13.3. The number of carbonyl (C=O) groups is 2. The number of ether oxygens (including phenoxy) is 1. The highest BCUT2D eigenvalue weighted by Crippen LogP contribution is 2.32. The third-order valence-electron chi connectivity index (χ3n) is 7.18. The fourth-order valence-corrected chi connectivity index (χ4v) is 4.82. The SMILES string of the molecule is C[C@H](CO)N1C[C@H](C)[C@H](CN(C)Cc2ccccc2)Oc2ccc(NC(=O)Nc3ccc(C(F)(F)F)cc3)cc2C1=O. The van der Waals surface area contributed by atoms with Crippen molar-refractivity contribution < 1.29 is 32.6 Å². The topological polar surface area (TPSA) is 94.1 Å². The number of likely N-dealkylation sites (N-methyl/N-ethyl adjacent to an activating group) is 1. The fourth-order valence-electron chi connectivity index (χ4n) is 4.82. The van der Waals surface area contributed by atoms with Gasteiger partial charge in [0.2, 0.25) is 0 Å². The highest BCUT2D eigenvalue weighted by molar-refractivity contribution is 6.02. The van der Waals surface area contributed by atoms with Gasteiger partial charge in [-0.15, -0.1) is 0 Å². The minimum atomic E-state index is -4.48. The summed E-state index contributed by atoms with van der Waals surface area (Å²) in [4.78, 5) is 30.0. The van der Waals surface area contributed by atoms with Gasteiger partial charge in [0, 0.05) is 36.9 Å². The highest BCUT2D eigenvalue weighted by atomic mass is 19.4. The van der Waals surface area contributed by atoms with E-state index in [1.807, 2.05) is 32.2 Å². The van der Waals surface area contributed by atoms with Gasteiger partial charge in [0.05, 0.1) is 23.8 Å². The third-order valence-corrected chi connectivity index (χ3v) is 7.18. The summed E-state index contributed by atoms with van der Waals surface area (Å²) < 4.78 is 44.9. The monoisotopic (exact) mass is 584 g/mol. The van der Waals surface area contributed by atoms with E-state index in [-0.39, 0.29) is 41.5 Å². The van der Waals surface area contributed by atoms with Gasteiger partial charge in [0.25, 0.3) is 5.91 Å². The number of anilines is 2. The van der Waals surface area contributed by atoms with E-state index in [2.05, 4.69) is 27.7 Å². The van der Waals surface area contributed by atoms with Crippen LogP contribution in [0.2, 0.25) is 0 Å². The summed E-state index contributed by atoms with van der Waals surface area (Å²) in [7, 11) is 2.00. The van der Waals surface area contributed by atoms with Crippen LogP contribution in [0.4, 0.5) is 29.3 Å². The van der Waals surface area contributed by atoms with Crippen molar-refractivity contribution in [2.24, 2.45) is 5.92 Å². The first-order chi connectivity index (χ1) is 19.9. The largest absolute Gasteiger partial charge is 0.488 e. The van der Waals surface area contributed by atoms with Crippen molar-refractivity contribution in [1.82, 2.24) is 9.80 Å². The maximum Gasteiger partial charge on any atom is 0.416 e. The van der Waals surface area contributed by atoms with Crippen LogP contribution < -0.4 is 15.4 Å². The quantitative estimate of drug-likeness (QED) is 0.316. The Kier molecular flexibility index (Phi) is 9.74. The van der Waals surface area contributed by atoms with Crippen LogP contribution >= 0.6 is 0 Å². The van der Waals surface area contributed by atoms with Crippen molar-refractivity contribution in [2.75, 3.05) is 37.4 Å². The van der Waals surface area contributed by atoms with Crippen LogP contribution in [0.1, 0.15) is 35.3 Å². The first kappa shape index (κ1) is 30.9. The maximum absolute atomic E-state index is 13.7. The number of aliphatic hydroxyl groups excluding tert-OH is 1. The second-order valence-corrected chi connectivity index (χ2v) is 10.7. The minimum absolute atomic E-state index is 0.0540. The van der Waals surface area contributed by atoms with Gasteiger partial charge in [-0.3, -0.25) is 9.69 Å². The molecule has 0 bridgehead atoms. The molecule has 3 aromatic carbocycles. The van der Waals surface area contributed by atoms with Crippen molar-refractivity contribution in [3.05, 3.63) is 89.5 Å². The molecule has 11 heteroatoms. The molecule has 1 aliphatic rings. The zero-order valence-electron chi connectivity index (χ0n) is 23.7. The van der Waals surface area contributed by atoms with Crippen LogP contribution in [-0.2, 0) is 12.7 Å². The number of urea groups is 1. The Morgan fingerprint density at radius 1 is 1.07 bits per heavy atom. The van der Waals surface area contributed by atoms with Crippen molar-refractivity contribution in [3.63, 3.8) is 0 Å². The van der Waals surface area contributed by atoms with Gasteiger partial charge in [-0.25, -0.2) is 4.79 Å². The van der Waals surface area contributed by atoms with E-state index in [9.17, 15) is 27.9 Å². The zero-order chi connectivity index (χ0) is 30.4. The predicted molar refractivity (Wildman–Crippen MR) is 154 cm³/mol. The molecule has 3 atom stereocenters. The molecule has 0 unspecified atom stereocenters. The van der Waals surface area contributed by atoms with Crippen LogP contribution in [0.25, 0.3) is 0 Å². The number of rotatable bonds is 8. The molecule has 1 aliphatic heterocycles. The predicted octanol–water partition coefficient (Wildman–Crippen LogP) is 5.70. The summed E-state index contributed by atoms with van der Waals surface area (Å²) in [6.45, 7) is 5.21. The van der Waals surface area contributed by atoms with Gasteiger partial charge >= 0.3 is 12.2 Å². The lowest BCUT2D eigenvalue weighted by molar-refractivity contribution is -0.137. The van der Waals surface area contributed by atoms with Crippen molar-refractivity contribution in [3.8, 4) is 5.75 Å². The summed E-state index contributed by atoms with van der Waals surface area (Å²) in [6, 6.07) is 17.7. The number of carbonyl (C=O) groups excluding carboxylic acids is 2. The van der Waals surface area contributed by atoms with Gasteiger partial charge in [0.1, 0.15) is 11.9 Å². The Balaban J connectivity index is 1.53. The van der Waals surface area contributed by atoms with E-state index in [1.54, 1.807) is 24.0 Å². The van der Waals surface area contributed by atoms with Gasteiger partial charge in [-0.05, 0) is 62.0 Å². The molecular weight excluding hydrogens is 549 g/mol. The first-order valence-electron chi connectivity index (χ1n) is 13.6. The molecule has 8 nitrogen and oxygen atoms in total. The number of aliphatic hydroxyl groups is 1.